The lowest BCUT2D eigenvalue weighted by Gasteiger charge is -2.13. The SMILES string of the molecule is CSc1c(Cl)cccc1Nc1nc(Cl)c(Cl)cc1C(=O)O. The summed E-state index contributed by atoms with van der Waals surface area (Å²) in [4.78, 5) is 16.0. The maximum Gasteiger partial charge on any atom is 0.339 e. The second-order valence-corrected chi connectivity index (χ2v) is 5.90. The Morgan fingerprint density at radius 2 is 2.00 bits per heavy atom. The average Bonchev–Trinajstić information content (AvgIpc) is 2.42. The van der Waals surface area contributed by atoms with Gasteiger partial charge in [-0.25, -0.2) is 9.78 Å². The van der Waals surface area contributed by atoms with E-state index in [0.717, 1.165) is 4.90 Å². The Hall–Kier alpha value is -1.14. The van der Waals surface area contributed by atoms with Crippen LogP contribution in [0.15, 0.2) is 29.2 Å². The Labute approximate surface area is 140 Å². The van der Waals surface area contributed by atoms with Crippen LogP contribution in [-0.2, 0) is 0 Å². The van der Waals surface area contributed by atoms with Crippen molar-refractivity contribution in [1.29, 1.82) is 0 Å². The Bertz CT molecular complexity index is 710. The fourth-order valence-electron chi connectivity index (χ4n) is 1.67. The summed E-state index contributed by atoms with van der Waals surface area (Å²) in [5.41, 5.74) is 0.569. The standard InChI is InChI=1S/C13H9Cl3N2O2S/c1-21-10-7(14)3-2-4-9(10)17-12-6(13(19)20)5-8(15)11(16)18-12/h2-5H,1H3,(H,17,18)(H,19,20). The highest BCUT2D eigenvalue weighted by molar-refractivity contribution is 7.98. The fourth-order valence-corrected chi connectivity index (χ4v) is 2.97. The molecule has 21 heavy (non-hydrogen) atoms. The molecule has 0 unspecified atom stereocenters. The van der Waals surface area contributed by atoms with E-state index in [1.54, 1.807) is 18.2 Å². The van der Waals surface area contributed by atoms with Crippen LogP contribution < -0.4 is 5.32 Å². The van der Waals surface area contributed by atoms with Gasteiger partial charge in [0.2, 0.25) is 0 Å². The molecule has 0 radical (unpaired) electrons. The van der Waals surface area contributed by atoms with Crippen molar-refractivity contribution in [2.45, 2.75) is 4.90 Å². The molecular weight excluding hydrogens is 355 g/mol. The quantitative estimate of drug-likeness (QED) is 0.577. The van der Waals surface area contributed by atoms with Gasteiger partial charge in [-0.3, -0.25) is 0 Å². The number of carboxylic acids is 1. The maximum absolute atomic E-state index is 11.3. The van der Waals surface area contributed by atoms with Gasteiger partial charge in [0.1, 0.15) is 16.5 Å². The van der Waals surface area contributed by atoms with Gasteiger partial charge >= 0.3 is 5.97 Å². The average molecular weight is 364 g/mol. The number of halogens is 3. The van der Waals surface area contributed by atoms with E-state index in [-0.39, 0.29) is 21.6 Å². The van der Waals surface area contributed by atoms with E-state index in [4.69, 9.17) is 34.8 Å². The van der Waals surface area contributed by atoms with Crippen molar-refractivity contribution in [2.75, 3.05) is 11.6 Å². The molecule has 0 saturated carbocycles. The van der Waals surface area contributed by atoms with Gasteiger partial charge in [-0.15, -0.1) is 11.8 Å². The number of nitrogens with zero attached hydrogens (tertiary/aromatic N) is 1. The third-order valence-electron chi connectivity index (χ3n) is 2.59. The van der Waals surface area contributed by atoms with Crippen LogP contribution in [0, 0.1) is 0 Å². The summed E-state index contributed by atoms with van der Waals surface area (Å²) >= 11 is 19.2. The molecule has 1 heterocycles. The van der Waals surface area contributed by atoms with E-state index >= 15 is 0 Å². The van der Waals surface area contributed by atoms with Crippen molar-refractivity contribution in [3.8, 4) is 0 Å². The van der Waals surface area contributed by atoms with Gasteiger partial charge in [0.05, 0.1) is 15.7 Å². The van der Waals surface area contributed by atoms with Gasteiger partial charge in [-0.05, 0) is 24.5 Å². The number of anilines is 2. The second-order valence-electron chi connectivity index (χ2n) is 3.91. The van der Waals surface area contributed by atoms with Crippen molar-refractivity contribution in [3.05, 3.63) is 45.0 Å². The van der Waals surface area contributed by atoms with Crippen LogP contribution in [-0.4, -0.2) is 22.3 Å². The van der Waals surface area contributed by atoms with E-state index in [2.05, 4.69) is 10.3 Å². The minimum absolute atomic E-state index is 0.0249. The summed E-state index contributed by atoms with van der Waals surface area (Å²) in [6, 6.07) is 6.53. The highest BCUT2D eigenvalue weighted by Crippen LogP contribution is 2.35. The molecule has 0 atom stereocenters. The molecule has 2 N–H and O–H groups in total. The number of benzene rings is 1. The number of pyridine rings is 1. The number of carboxylic acid groups (broad SMARTS) is 1. The molecular formula is C13H9Cl3N2O2S. The molecule has 0 fully saturated rings. The molecule has 0 saturated heterocycles. The van der Waals surface area contributed by atoms with Gasteiger partial charge in [0, 0.05) is 4.90 Å². The summed E-state index contributed by atoms with van der Waals surface area (Å²) in [5, 5.41) is 12.8. The minimum Gasteiger partial charge on any atom is -0.478 e. The highest BCUT2D eigenvalue weighted by atomic mass is 35.5. The van der Waals surface area contributed by atoms with Crippen LogP contribution in [0.1, 0.15) is 10.4 Å². The molecule has 110 valence electrons. The molecule has 0 spiro atoms. The monoisotopic (exact) mass is 362 g/mol. The van der Waals surface area contributed by atoms with Gasteiger partial charge in [0.15, 0.2) is 0 Å². The smallest absolute Gasteiger partial charge is 0.339 e. The Kier molecular flexibility index (Phi) is 5.22. The Morgan fingerprint density at radius 3 is 2.62 bits per heavy atom. The van der Waals surface area contributed by atoms with Crippen molar-refractivity contribution in [3.63, 3.8) is 0 Å². The first-order chi connectivity index (χ1) is 9.93. The maximum atomic E-state index is 11.3. The predicted molar refractivity (Wildman–Crippen MR) is 87.7 cm³/mol. The summed E-state index contributed by atoms with van der Waals surface area (Å²) in [6.45, 7) is 0. The zero-order valence-corrected chi connectivity index (χ0v) is 13.7. The van der Waals surface area contributed by atoms with Gasteiger partial charge in [-0.1, -0.05) is 40.9 Å². The number of hydrogen-bond donors (Lipinski definition) is 2. The molecule has 0 aliphatic rings. The summed E-state index contributed by atoms with van der Waals surface area (Å²) in [7, 11) is 0. The van der Waals surface area contributed by atoms with E-state index in [0.29, 0.717) is 10.7 Å². The van der Waals surface area contributed by atoms with Gasteiger partial charge < -0.3 is 10.4 Å². The fraction of sp³-hybridized carbons (Fsp3) is 0.0769. The third-order valence-corrected chi connectivity index (χ3v) is 4.54. The van der Waals surface area contributed by atoms with Crippen LogP contribution in [0.5, 0.6) is 0 Å². The van der Waals surface area contributed by atoms with Crippen molar-refractivity contribution < 1.29 is 9.90 Å². The first-order valence-corrected chi connectivity index (χ1v) is 7.98. The molecule has 0 amide bonds. The van der Waals surface area contributed by atoms with Gasteiger partial charge in [0.25, 0.3) is 0 Å². The van der Waals surface area contributed by atoms with Gasteiger partial charge in [-0.2, -0.15) is 0 Å². The van der Waals surface area contributed by atoms with Crippen molar-refractivity contribution >= 4 is 64.0 Å². The van der Waals surface area contributed by atoms with Crippen LogP contribution >= 0.6 is 46.6 Å². The van der Waals surface area contributed by atoms with Crippen LogP contribution in [0.4, 0.5) is 11.5 Å². The lowest BCUT2D eigenvalue weighted by atomic mass is 10.2. The summed E-state index contributed by atoms with van der Waals surface area (Å²) < 4.78 is 0. The molecule has 0 bridgehead atoms. The molecule has 8 heteroatoms. The zero-order valence-electron chi connectivity index (χ0n) is 10.7. The van der Waals surface area contributed by atoms with Crippen molar-refractivity contribution in [2.24, 2.45) is 0 Å². The summed E-state index contributed by atoms with van der Waals surface area (Å²) in [5.74, 6) is -1.05. The normalized spacial score (nSPS) is 10.5. The number of hydrogen-bond acceptors (Lipinski definition) is 4. The van der Waals surface area contributed by atoms with Crippen LogP contribution in [0.25, 0.3) is 0 Å². The second kappa shape index (κ2) is 6.75. The first kappa shape index (κ1) is 16.2. The van der Waals surface area contributed by atoms with Crippen LogP contribution in [0.3, 0.4) is 0 Å². The molecule has 0 aliphatic carbocycles. The number of aromatic nitrogens is 1. The predicted octanol–water partition coefficient (Wildman–Crippen LogP) is 5.21. The third kappa shape index (κ3) is 3.55. The van der Waals surface area contributed by atoms with Crippen LogP contribution in [0.2, 0.25) is 15.2 Å². The largest absolute Gasteiger partial charge is 0.478 e. The topological polar surface area (TPSA) is 62.2 Å². The lowest BCUT2D eigenvalue weighted by Crippen LogP contribution is -2.06. The molecule has 1 aromatic carbocycles. The molecule has 2 rings (SSSR count). The van der Waals surface area contributed by atoms with E-state index < -0.39 is 5.97 Å². The number of rotatable bonds is 4. The Morgan fingerprint density at radius 1 is 1.29 bits per heavy atom. The molecule has 1 aromatic heterocycles. The first-order valence-electron chi connectivity index (χ1n) is 5.63. The minimum atomic E-state index is -1.16. The highest BCUT2D eigenvalue weighted by Gasteiger charge is 2.17. The number of nitrogens with one attached hydrogen (secondary N) is 1. The Balaban J connectivity index is 2.51. The summed E-state index contributed by atoms with van der Waals surface area (Å²) in [6.07, 6.45) is 1.87. The molecule has 0 aliphatic heterocycles. The zero-order chi connectivity index (χ0) is 15.6. The van der Waals surface area contributed by atoms with E-state index in [9.17, 15) is 9.90 Å². The number of thioether (sulfide) groups is 1. The molecule has 2 aromatic rings. The van der Waals surface area contributed by atoms with Crippen molar-refractivity contribution in [1.82, 2.24) is 4.98 Å². The van der Waals surface area contributed by atoms with E-state index in [1.165, 1.54) is 17.8 Å². The lowest BCUT2D eigenvalue weighted by molar-refractivity contribution is 0.0697. The number of aromatic carboxylic acids is 1. The number of carbonyl (C=O) groups is 1. The molecule has 4 nitrogen and oxygen atoms in total. The van der Waals surface area contributed by atoms with E-state index in [1.807, 2.05) is 6.26 Å².